The molecule has 0 aliphatic rings. The first-order chi connectivity index (χ1) is 7.61. The molecule has 0 radical (unpaired) electrons. The number of nitrogens with one attached hydrogen (secondary N) is 2. The van der Waals surface area contributed by atoms with Crippen LogP contribution in [0.15, 0.2) is 17.6 Å². The highest BCUT2D eigenvalue weighted by atomic mass is 16.2. The van der Waals surface area contributed by atoms with Crippen molar-refractivity contribution in [2.24, 2.45) is 16.5 Å². The van der Waals surface area contributed by atoms with Crippen molar-refractivity contribution in [2.45, 2.75) is 18.9 Å². The molecular formula is C10H21N5O. The largest absolute Gasteiger partial charge is 0.370 e. The Balaban J connectivity index is 3.60. The van der Waals surface area contributed by atoms with E-state index >= 15 is 0 Å². The van der Waals surface area contributed by atoms with Crippen LogP contribution in [0.25, 0.3) is 0 Å². The van der Waals surface area contributed by atoms with E-state index < -0.39 is 6.04 Å². The molecule has 16 heavy (non-hydrogen) atoms. The summed E-state index contributed by atoms with van der Waals surface area (Å²) in [6.45, 7) is 4.61. The lowest BCUT2D eigenvalue weighted by Crippen LogP contribution is -2.41. The Kier molecular flexibility index (Phi) is 7.87. The minimum atomic E-state index is -0.485. The van der Waals surface area contributed by atoms with Gasteiger partial charge in [-0.05, 0) is 12.8 Å². The lowest BCUT2D eigenvalue weighted by molar-refractivity contribution is -0.122. The monoisotopic (exact) mass is 227 g/mol. The zero-order valence-electron chi connectivity index (χ0n) is 9.70. The van der Waals surface area contributed by atoms with Crippen molar-refractivity contribution in [3.05, 3.63) is 12.7 Å². The molecule has 0 aromatic rings. The third-order valence-electron chi connectivity index (χ3n) is 2.00. The second-order valence-corrected chi connectivity index (χ2v) is 3.32. The van der Waals surface area contributed by atoms with E-state index in [1.165, 1.54) is 0 Å². The fraction of sp³-hybridized carbons (Fsp3) is 0.600. The van der Waals surface area contributed by atoms with Gasteiger partial charge < -0.3 is 22.1 Å². The van der Waals surface area contributed by atoms with Gasteiger partial charge in [0.2, 0.25) is 5.91 Å². The zero-order chi connectivity index (χ0) is 12.4. The van der Waals surface area contributed by atoms with Crippen LogP contribution in [0.2, 0.25) is 0 Å². The first-order valence-electron chi connectivity index (χ1n) is 5.22. The molecule has 6 nitrogen and oxygen atoms in total. The summed E-state index contributed by atoms with van der Waals surface area (Å²) in [6.07, 6.45) is 2.98. The van der Waals surface area contributed by atoms with E-state index in [9.17, 15) is 4.79 Å². The van der Waals surface area contributed by atoms with E-state index in [4.69, 9.17) is 11.5 Å². The Bertz CT molecular complexity index is 252. The quantitative estimate of drug-likeness (QED) is 0.192. The Hall–Kier alpha value is -1.56. The maximum atomic E-state index is 11.3. The molecule has 0 fully saturated rings. The molecule has 0 aromatic carbocycles. The highest BCUT2D eigenvalue weighted by molar-refractivity contribution is 5.81. The summed E-state index contributed by atoms with van der Waals surface area (Å²) in [5, 5.41) is 5.54. The molecule has 0 spiro atoms. The van der Waals surface area contributed by atoms with Crippen LogP contribution in [0.3, 0.4) is 0 Å². The summed E-state index contributed by atoms with van der Waals surface area (Å²) in [5.74, 6) is 0.238. The van der Waals surface area contributed by atoms with E-state index in [0.717, 1.165) is 6.42 Å². The minimum absolute atomic E-state index is 0.156. The van der Waals surface area contributed by atoms with Crippen molar-refractivity contribution in [2.75, 3.05) is 20.1 Å². The number of hydrogen-bond donors (Lipinski definition) is 4. The third kappa shape index (κ3) is 6.83. The van der Waals surface area contributed by atoms with Crippen LogP contribution >= 0.6 is 0 Å². The lowest BCUT2D eigenvalue weighted by Gasteiger charge is -2.11. The number of guanidine groups is 1. The summed E-state index contributed by atoms with van der Waals surface area (Å²) < 4.78 is 0. The van der Waals surface area contributed by atoms with E-state index in [0.29, 0.717) is 25.5 Å². The molecule has 0 heterocycles. The molecule has 0 aliphatic carbocycles. The first-order valence-corrected chi connectivity index (χ1v) is 5.22. The second kappa shape index (κ2) is 8.72. The van der Waals surface area contributed by atoms with Gasteiger partial charge in [0.05, 0.1) is 6.04 Å². The molecule has 0 saturated carbocycles. The number of aliphatic imine (C=N–C) groups is 1. The lowest BCUT2D eigenvalue weighted by atomic mass is 10.1. The molecule has 1 amide bonds. The first kappa shape index (κ1) is 14.4. The molecule has 0 aliphatic heterocycles. The molecule has 0 bridgehead atoms. The van der Waals surface area contributed by atoms with Crippen LogP contribution in [-0.4, -0.2) is 38.0 Å². The summed E-state index contributed by atoms with van der Waals surface area (Å²) >= 11 is 0. The van der Waals surface area contributed by atoms with Crippen LogP contribution in [-0.2, 0) is 4.79 Å². The number of carbonyl (C=O) groups is 1. The summed E-state index contributed by atoms with van der Waals surface area (Å²) in [5.41, 5.74) is 11.1. The Morgan fingerprint density at radius 3 is 2.81 bits per heavy atom. The van der Waals surface area contributed by atoms with Gasteiger partial charge in [0.15, 0.2) is 5.96 Å². The van der Waals surface area contributed by atoms with Crippen LogP contribution in [0, 0.1) is 0 Å². The van der Waals surface area contributed by atoms with Gasteiger partial charge >= 0.3 is 0 Å². The van der Waals surface area contributed by atoms with Crippen LogP contribution < -0.4 is 22.1 Å². The maximum Gasteiger partial charge on any atom is 0.237 e. The van der Waals surface area contributed by atoms with Gasteiger partial charge in [-0.1, -0.05) is 6.08 Å². The minimum Gasteiger partial charge on any atom is -0.370 e. The average Bonchev–Trinajstić information content (AvgIpc) is 2.30. The maximum absolute atomic E-state index is 11.3. The summed E-state index contributed by atoms with van der Waals surface area (Å²) in [7, 11) is 1.61. The zero-order valence-corrected chi connectivity index (χ0v) is 9.70. The molecule has 6 N–H and O–H groups in total. The predicted octanol–water partition coefficient (Wildman–Crippen LogP) is -1.07. The molecule has 0 aromatic heterocycles. The summed E-state index contributed by atoms with van der Waals surface area (Å²) in [6, 6.07) is -0.485. The van der Waals surface area contributed by atoms with Crippen molar-refractivity contribution < 1.29 is 4.79 Å². The van der Waals surface area contributed by atoms with E-state index in [1.54, 1.807) is 13.1 Å². The van der Waals surface area contributed by atoms with Crippen molar-refractivity contribution in [3.63, 3.8) is 0 Å². The van der Waals surface area contributed by atoms with E-state index in [2.05, 4.69) is 22.2 Å². The fourth-order valence-corrected chi connectivity index (χ4v) is 1.05. The highest BCUT2D eigenvalue weighted by Gasteiger charge is 2.11. The van der Waals surface area contributed by atoms with Gasteiger partial charge in [-0.15, -0.1) is 6.58 Å². The van der Waals surface area contributed by atoms with Crippen molar-refractivity contribution in [1.29, 1.82) is 0 Å². The molecule has 6 heteroatoms. The molecule has 0 rings (SSSR count). The number of nitrogens with zero attached hydrogens (tertiary/aromatic N) is 1. The van der Waals surface area contributed by atoms with Gasteiger partial charge in [0.1, 0.15) is 0 Å². The topological polar surface area (TPSA) is 106 Å². The van der Waals surface area contributed by atoms with Crippen LogP contribution in [0.1, 0.15) is 12.8 Å². The predicted molar refractivity (Wildman–Crippen MR) is 66.0 cm³/mol. The van der Waals surface area contributed by atoms with Crippen LogP contribution in [0.4, 0.5) is 0 Å². The molecule has 0 unspecified atom stereocenters. The van der Waals surface area contributed by atoms with Crippen LogP contribution in [0.5, 0.6) is 0 Å². The Labute approximate surface area is 96.2 Å². The van der Waals surface area contributed by atoms with Crippen molar-refractivity contribution >= 4 is 11.9 Å². The molecule has 0 saturated heterocycles. The van der Waals surface area contributed by atoms with Crippen molar-refractivity contribution in [3.8, 4) is 0 Å². The molecular weight excluding hydrogens is 206 g/mol. The highest BCUT2D eigenvalue weighted by Crippen LogP contribution is 1.93. The smallest absolute Gasteiger partial charge is 0.237 e. The standard InChI is InChI=1S/C10H21N5O/c1-3-6-14-9(16)8(11)5-4-7-15-10(12)13-2/h3,8H,1,4-7,11H2,2H3,(H,14,16)(H3,12,13,15)/t8-/m0/s1. The fourth-order valence-electron chi connectivity index (χ4n) is 1.05. The van der Waals surface area contributed by atoms with Gasteiger partial charge in [0, 0.05) is 20.1 Å². The third-order valence-corrected chi connectivity index (χ3v) is 2.00. The number of rotatable bonds is 7. The molecule has 92 valence electrons. The number of carbonyl (C=O) groups excluding carboxylic acids is 1. The number of hydrogen-bond acceptors (Lipinski definition) is 3. The normalized spacial score (nSPS) is 13.0. The Morgan fingerprint density at radius 1 is 1.56 bits per heavy atom. The van der Waals surface area contributed by atoms with Gasteiger partial charge in [0.25, 0.3) is 0 Å². The van der Waals surface area contributed by atoms with Gasteiger partial charge in [-0.3, -0.25) is 9.79 Å². The number of amides is 1. The number of nitrogens with two attached hydrogens (primary N) is 2. The van der Waals surface area contributed by atoms with E-state index in [-0.39, 0.29) is 5.91 Å². The van der Waals surface area contributed by atoms with Crippen molar-refractivity contribution in [1.82, 2.24) is 10.6 Å². The second-order valence-electron chi connectivity index (χ2n) is 3.32. The van der Waals surface area contributed by atoms with E-state index in [1.807, 2.05) is 0 Å². The van der Waals surface area contributed by atoms with Gasteiger partial charge in [-0.25, -0.2) is 0 Å². The summed E-state index contributed by atoms with van der Waals surface area (Å²) in [4.78, 5) is 15.1. The van der Waals surface area contributed by atoms with Gasteiger partial charge in [-0.2, -0.15) is 0 Å². The SMILES string of the molecule is C=CCNC(=O)[C@@H](N)CCCNC(N)=NC. The average molecular weight is 227 g/mol. The molecule has 1 atom stereocenters. The Morgan fingerprint density at radius 2 is 2.25 bits per heavy atom.